The third-order valence-electron chi connectivity index (χ3n) is 4.39. The summed E-state index contributed by atoms with van der Waals surface area (Å²) in [7, 11) is 5.85. The van der Waals surface area contributed by atoms with E-state index in [2.05, 4.69) is 32.7 Å². The first-order valence-corrected chi connectivity index (χ1v) is 8.56. The standard InChI is InChI=1S/C19H26N4O2.HI/c1-20-19(22-13-16(23(2)3)18-9-6-10-24-18)21-12-15-11-14-7-4-5-8-17(14)25-15;/h4-10,15-16H,11-13H2,1-3H3,(H2,20,21,22);1H. The molecule has 2 aromatic rings. The van der Waals surface area contributed by atoms with Crippen molar-refractivity contribution in [2.45, 2.75) is 18.6 Å². The molecule has 2 N–H and O–H groups in total. The molecule has 0 bridgehead atoms. The molecule has 2 heterocycles. The Labute approximate surface area is 172 Å². The van der Waals surface area contributed by atoms with Gasteiger partial charge in [-0.15, -0.1) is 24.0 Å². The summed E-state index contributed by atoms with van der Waals surface area (Å²) in [6.07, 6.45) is 2.76. The van der Waals surface area contributed by atoms with Gasteiger partial charge in [0.05, 0.1) is 18.8 Å². The van der Waals surface area contributed by atoms with Gasteiger partial charge >= 0.3 is 0 Å². The van der Waals surface area contributed by atoms with Gasteiger partial charge in [0.2, 0.25) is 0 Å². The first-order chi connectivity index (χ1) is 12.2. The molecule has 6 nitrogen and oxygen atoms in total. The number of nitrogens with one attached hydrogen (secondary N) is 2. The summed E-state index contributed by atoms with van der Waals surface area (Å²) in [5.41, 5.74) is 1.27. The molecule has 1 aliphatic heterocycles. The Morgan fingerprint density at radius 2 is 2.04 bits per heavy atom. The van der Waals surface area contributed by atoms with Crippen LogP contribution in [-0.2, 0) is 6.42 Å². The minimum absolute atomic E-state index is 0. The molecule has 1 aromatic heterocycles. The molecular weight excluding hydrogens is 443 g/mol. The number of likely N-dealkylation sites (N-methyl/N-ethyl adjacent to an activating group) is 1. The highest BCUT2D eigenvalue weighted by Crippen LogP contribution is 2.27. The van der Waals surface area contributed by atoms with Crippen LogP contribution in [0.1, 0.15) is 17.4 Å². The molecule has 0 saturated carbocycles. The number of fused-ring (bicyclic) bond motifs is 1. The van der Waals surface area contributed by atoms with Gasteiger partial charge in [0, 0.05) is 20.0 Å². The SMILES string of the molecule is CN=C(NCC1Cc2ccccc2O1)NCC(c1ccco1)N(C)C.I. The molecule has 2 atom stereocenters. The van der Waals surface area contributed by atoms with E-state index in [-0.39, 0.29) is 36.1 Å². The molecule has 0 saturated heterocycles. The maximum absolute atomic E-state index is 5.96. The fourth-order valence-corrected chi connectivity index (χ4v) is 3.01. The lowest BCUT2D eigenvalue weighted by atomic mass is 10.1. The number of para-hydroxylation sites is 1. The van der Waals surface area contributed by atoms with Crippen molar-refractivity contribution in [3.8, 4) is 5.75 Å². The number of guanidine groups is 1. The average molecular weight is 470 g/mol. The summed E-state index contributed by atoms with van der Waals surface area (Å²) in [5.74, 6) is 2.68. The normalized spacial score (nSPS) is 17.2. The quantitative estimate of drug-likeness (QED) is 0.386. The molecular formula is C19H27IN4O2. The van der Waals surface area contributed by atoms with E-state index in [0.717, 1.165) is 23.9 Å². The van der Waals surface area contributed by atoms with E-state index < -0.39 is 0 Å². The fraction of sp³-hybridized carbons (Fsp3) is 0.421. The topological polar surface area (TPSA) is 62.0 Å². The van der Waals surface area contributed by atoms with Crippen LogP contribution in [0.2, 0.25) is 0 Å². The molecule has 0 aliphatic carbocycles. The molecule has 7 heteroatoms. The lowest BCUT2D eigenvalue weighted by Crippen LogP contribution is -2.44. The first-order valence-electron chi connectivity index (χ1n) is 8.56. The third-order valence-corrected chi connectivity index (χ3v) is 4.39. The summed E-state index contributed by atoms with van der Waals surface area (Å²) < 4.78 is 11.5. The number of benzene rings is 1. The molecule has 2 unspecified atom stereocenters. The summed E-state index contributed by atoms with van der Waals surface area (Å²) in [6, 6.07) is 12.2. The van der Waals surface area contributed by atoms with Gasteiger partial charge in [-0.25, -0.2) is 0 Å². The van der Waals surface area contributed by atoms with Gasteiger partial charge in [0.25, 0.3) is 0 Å². The van der Waals surface area contributed by atoms with Crippen molar-refractivity contribution in [1.82, 2.24) is 15.5 Å². The Morgan fingerprint density at radius 3 is 2.69 bits per heavy atom. The van der Waals surface area contributed by atoms with Crippen LogP contribution in [0.15, 0.2) is 52.1 Å². The molecule has 0 fully saturated rings. The molecule has 3 rings (SSSR count). The Kier molecular flexibility index (Phi) is 7.77. The molecule has 142 valence electrons. The van der Waals surface area contributed by atoms with Gasteiger partial charge in [0.1, 0.15) is 17.6 Å². The van der Waals surface area contributed by atoms with E-state index in [9.17, 15) is 0 Å². The van der Waals surface area contributed by atoms with Crippen molar-refractivity contribution in [3.05, 3.63) is 54.0 Å². The minimum Gasteiger partial charge on any atom is -0.488 e. The highest BCUT2D eigenvalue weighted by Gasteiger charge is 2.22. The zero-order valence-corrected chi connectivity index (χ0v) is 17.8. The lowest BCUT2D eigenvalue weighted by molar-refractivity contribution is 0.234. The Hall–Kier alpha value is -1.74. The zero-order valence-electron chi connectivity index (χ0n) is 15.4. The van der Waals surface area contributed by atoms with Crippen LogP contribution in [0.25, 0.3) is 0 Å². The van der Waals surface area contributed by atoms with Gasteiger partial charge in [-0.3, -0.25) is 9.89 Å². The number of hydrogen-bond acceptors (Lipinski definition) is 4. The van der Waals surface area contributed by atoms with Crippen molar-refractivity contribution in [2.75, 3.05) is 34.2 Å². The van der Waals surface area contributed by atoms with Gasteiger partial charge < -0.3 is 19.8 Å². The summed E-state index contributed by atoms with van der Waals surface area (Å²) in [4.78, 5) is 6.42. The predicted octanol–water partition coefficient (Wildman–Crippen LogP) is 2.67. The van der Waals surface area contributed by atoms with Gasteiger partial charge in [-0.1, -0.05) is 18.2 Å². The second-order valence-corrected chi connectivity index (χ2v) is 6.38. The monoisotopic (exact) mass is 470 g/mol. The Morgan fingerprint density at radius 1 is 1.23 bits per heavy atom. The van der Waals surface area contributed by atoms with E-state index in [0.29, 0.717) is 13.1 Å². The molecule has 0 spiro atoms. The second-order valence-electron chi connectivity index (χ2n) is 6.38. The number of ether oxygens (including phenoxy) is 1. The van der Waals surface area contributed by atoms with Crippen molar-refractivity contribution in [2.24, 2.45) is 4.99 Å². The van der Waals surface area contributed by atoms with E-state index in [1.807, 2.05) is 38.4 Å². The fourth-order valence-electron chi connectivity index (χ4n) is 3.01. The number of hydrogen-bond donors (Lipinski definition) is 2. The lowest BCUT2D eigenvalue weighted by Gasteiger charge is -2.24. The van der Waals surface area contributed by atoms with E-state index in [1.54, 1.807) is 13.3 Å². The smallest absolute Gasteiger partial charge is 0.191 e. The van der Waals surface area contributed by atoms with E-state index >= 15 is 0 Å². The van der Waals surface area contributed by atoms with Crippen molar-refractivity contribution < 1.29 is 9.15 Å². The van der Waals surface area contributed by atoms with Gasteiger partial charge in [0.15, 0.2) is 5.96 Å². The van der Waals surface area contributed by atoms with Crippen LogP contribution in [0.3, 0.4) is 0 Å². The average Bonchev–Trinajstić information content (AvgIpc) is 3.26. The van der Waals surface area contributed by atoms with Crippen LogP contribution in [0.4, 0.5) is 0 Å². The molecule has 1 aromatic carbocycles. The summed E-state index contributed by atoms with van der Waals surface area (Å²) in [6.45, 7) is 1.41. The van der Waals surface area contributed by atoms with Crippen LogP contribution >= 0.6 is 24.0 Å². The molecule has 1 aliphatic rings. The Bertz CT molecular complexity index is 678. The summed E-state index contributed by atoms with van der Waals surface area (Å²) in [5, 5.41) is 6.72. The highest BCUT2D eigenvalue weighted by atomic mass is 127. The minimum atomic E-state index is 0. The van der Waals surface area contributed by atoms with Crippen LogP contribution < -0.4 is 15.4 Å². The number of nitrogens with zero attached hydrogens (tertiary/aromatic N) is 2. The van der Waals surface area contributed by atoms with Crippen molar-refractivity contribution >= 4 is 29.9 Å². The Balaban J connectivity index is 0.00000243. The van der Waals surface area contributed by atoms with Crippen LogP contribution in [-0.4, -0.2) is 51.2 Å². The maximum atomic E-state index is 5.96. The van der Waals surface area contributed by atoms with Crippen LogP contribution in [0.5, 0.6) is 5.75 Å². The number of furan rings is 1. The van der Waals surface area contributed by atoms with Gasteiger partial charge in [-0.05, 0) is 37.9 Å². The van der Waals surface area contributed by atoms with Crippen LogP contribution in [0, 0.1) is 0 Å². The second kappa shape index (κ2) is 9.82. The van der Waals surface area contributed by atoms with Gasteiger partial charge in [-0.2, -0.15) is 0 Å². The zero-order chi connectivity index (χ0) is 17.6. The number of halogens is 1. The molecule has 0 amide bonds. The van der Waals surface area contributed by atoms with Crippen molar-refractivity contribution in [3.63, 3.8) is 0 Å². The molecule has 0 radical (unpaired) electrons. The number of rotatable bonds is 6. The van der Waals surface area contributed by atoms with E-state index in [1.165, 1.54) is 5.56 Å². The predicted molar refractivity (Wildman–Crippen MR) is 114 cm³/mol. The third kappa shape index (κ3) is 5.14. The summed E-state index contributed by atoms with van der Waals surface area (Å²) >= 11 is 0. The highest BCUT2D eigenvalue weighted by molar-refractivity contribution is 14.0. The number of aliphatic imine (C=N–C) groups is 1. The largest absolute Gasteiger partial charge is 0.488 e. The maximum Gasteiger partial charge on any atom is 0.191 e. The van der Waals surface area contributed by atoms with Crippen molar-refractivity contribution in [1.29, 1.82) is 0 Å². The van der Waals surface area contributed by atoms with E-state index in [4.69, 9.17) is 9.15 Å². The molecule has 26 heavy (non-hydrogen) atoms. The first kappa shape index (κ1) is 20.6.